The number of nitrogens with one attached hydrogen (secondary N) is 1. The molecule has 1 spiro atoms. The number of benzene rings is 1. The molecule has 0 saturated carbocycles. The van der Waals surface area contributed by atoms with Gasteiger partial charge < -0.3 is 15.8 Å². The van der Waals surface area contributed by atoms with Crippen molar-refractivity contribution in [2.24, 2.45) is 10.7 Å². The maximum Gasteiger partial charge on any atom is 0.189 e. The first-order valence-electron chi connectivity index (χ1n) is 5.95. The second kappa shape index (κ2) is 3.65. The van der Waals surface area contributed by atoms with Crippen molar-refractivity contribution in [3.8, 4) is 5.75 Å². The van der Waals surface area contributed by atoms with Crippen LogP contribution in [-0.2, 0) is 12.8 Å². The molecule has 0 fully saturated rings. The molecule has 1 heterocycles. The number of aliphatic imine (C=N–C) groups is 1. The molecular weight excluding hydrogens is 214 g/mol. The van der Waals surface area contributed by atoms with Crippen LogP contribution in [0, 0.1) is 0 Å². The fraction of sp³-hybridized carbons (Fsp3) is 0.462. The standard InChI is InChI=1S/C13H17N3O/c1-17-11-3-2-9-4-5-13(7-10(9)6-11)8-15-12(14)16-13/h2-3,6H,4-5,7-8H2,1H3,(H3,14,15,16). The molecule has 90 valence electrons. The number of fused-ring (bicyclic) bond motifs is 1. The van der Waals surface area contributed by atoms with Crippen molar-refractivity contribution in [1.29, 1.82) is 0 Å². The largest absolute Gasteiger partial charge is 0.497 e. The summed E-state index contributed by atoms with van der Waals surface area (Å²) in [5.74, 6) is 1.50. The molecule has 0 amide bonds. The quantitative estimate of drug-likeness (QED) is 0.753. The van der Waals surface area contributed by atoms with E-state index in [0.29, 0.717) is 5.96 Å². The van der Waals surface area contributed by atoms with E-state index in [-0.39, 0.29) is 5.54 Å². The summed E-state index contributed by atoms with van der Waals surface area (Å²) >= 11 is 0. The Kier molecular flexibility index (Phi) is 2.24. The van der Waals surface area contributed by atoms with Crippen molar-refractivity contribution in [2.75, 3.05) is 13.7 Å². The first kappa shape index (κ1) is 10.4. The van der Waals surface area contributed by atoms with Crippen molar-refractivity contribution in [3.63, 3.8) is 0 Å². The van der Waals surface area contributed by atoms with Gasteiger partial charge in [0, 0.05) is 0 Å². The molecule has 0 saturated heterocycles. The molecule has 3 rings (SSSR count). The third kappa shape index (κ3) is 1.73. The minimum Gasteiger partial charge on any atom is -0.497 e. The Labute approximate surface area is 101 Å². The Morgan fingerprint density at radius 3 is 3.00 bits per heavy atom. The Morgan fingerprint density at radius 2 is 2.29 bits per heavy atom. The summed E-state index contributed by atoms with van der Waals surface area (Å²) in [6, 6.07) is 6.33. The number of nitrogens with zero attached hydrogens (tertiary/aromatic N) is 1. The molecule has 1 aromatic rings. The zero-order valence-corrected chi connectivity index (χ0v) is 9.99. The van der Waals surface area contributed by atoms with E-state index in [1.807, 2.05) is 6.07 Å². The van der Waals surface area contributed by atoms with Crippen LogP contribution in [0.2, 0.25) is 0 Å². The highest BCUT2D eigenvalue weighted by molar-refractivity contribution is 5.80. The topological polar surface area (TPSA) is 59.6 Å². The summed E-state index contributed by atoms with van der Waals surface area (Å²) in [5.41, 5.74) is 8.55. The van der Waals surface area contributed by atoms with Gasteiger partial charge in [-0.25, -0.2) is 0 Å². The van der Waals surface area contributed by atoms with Crippen LogP contribution in [0.25, 0.3) is 0 Å². The molecule has 4 heteroatoms. The average Bonchev–Trinajstić information content (AvgIpc) is 2.69. The van der Waals surface area contributed by atoms with Gasteiger partial charge in [0.05, 0.1) is 19.2 Å². The van der Waals surface area contributed by atoms with Crippen LogP contribution in [-0.4, -0.2) is 25.2 Å². The van der Waals surface area contributed by atoms with E-state index in [1.54, 1.807) is 7.11 Å². The predicted molar refractivity (Wildman–Crippen MR) is 67.4 cm³/mol. The highest BCUT2D eigenvalue weighted by Crippen LogP contribution is 2.32. The monoisotopic (exact) mass is 231 g/mol. The third-order valence-electron chi connectivity index (χ3n) is 3.76. The fourth-order valence-corrected chi connectivity index (χ4v) is 2.79. The first-order chi connectivity index (χ1) is 8.21. The van der Waals surface area contributed by atoms with E-state index >= 15 is 0 Å². The molecular formula is C13H17N3O. The molecule has 2 aliphatic rings. The highest BCUT2D eigenvalue weighted by atomic mass is 16.5. The summed E-state index contributed by atoms with van der Waals surface area (Å²) < 4.78 is 5.28. The van der Waals surface area contributed by atoms with Crippen molar-refractivity contribution in [1.82, 2.24) is 5.32 Å². The van der Waals surface area contributed by atoms with Crippen molar-refractivity contribution in [2.45, 2.75) is 24.8 Å². The Bertz CT molecular complexity index is 484. The number of hydrogen-bond acceptors (Lipinski definition) is 4. The number of guanidine groups is 1. The molecule has 3 N–H and O–H groups in total. The number of rotatable bonds is 1. The molecule has 1 unspecified atom stereocenters. The predicted octanol–water partition coefficient (Wildman–Crippen LogP) is 0.841. The summed E-state index contributed by atoms with van der Waals surface area (Å²) in [7, 11) is 1.70. The zero-order valence-electron chi connectivity index (χ0n) is 9.99. The second-order valence-electron chi connectivity index (χ2n) is 4.92. The van der Waals surface area contributed by atoms with Gasteiger partial charge >= 0.3 is 0 Å². The van der Waals surface area contributed by atoms with E-state index in [0.717, 1.165) is 31.6 Å². The molecule has 1 aliphatic carbocycles. The third-order valence-corrected chi connectivity index (χ3v) is 3.76. The van der Waals surface area contributed by atoms with Crippen molar-refractivity contribution < 1.29 is 4.74 Å². The molecule has 0 bridgehead atoms. The van der Waals surface area contributed by atoms with Gasteiger partial charge in [-0.1, -0.05) is 6.07 Å². The van der Waals surface area contributed by atoms with Gasteiger partial charge in [0.2, 0.25) is 0 Å². The molecule has 0 radical (unpaired) electrons. The van der Waals surface area contributed by atoms with Gasteiger partial charge in [-0.15, -0.1) is 0 Å². The summed E-state index contributed by atoms with van der Waals surface area (Å²) in [5, 5.41) is 3.33. The molecule has 0 aromatic heterocycles. The van der Waals surface area contributed by atoms with E-state index in [4.69, 9.17) is 10.5 Å². The second-order valence-corrected chi connectivity index (χ2v) is 4.92. The number of ether oxygens (including phenoxy) is 1. The number of hydrogen-bond donors (Lipinski definition) is 2. The van der Waals surface area contributed by atoms with Crippen LogP contribution in [0.4, 0.5) is 0 Å². The van der Waals surface area contributed by atoms with Gasteiger partial charge in [-0.05, 0) is 42.5 Å². The number of aryl methyl sites for hydroxylation is 1. The Morgan fingerprint density at radius 1 is 1.41 bits per heavy atom. The lowest BCUT2D eigenvalue weighted by molar-refractivity contribution is 0.359. The lowest BCUT2D eigenvalue weighted by atomic mass is 9.78. The van der Waals surface area contributed by atoms with E-state index in [1.165, 1.54) is 11.1 Å². The summed E-state index contributed by atoms with van der Waals surface area (Å²) in [6.45, 7) is 0.787. The van der Waals surface area contributed by atoms with Crippen LogP contribution < -0.4 is 15.8 Å². The van der Waals surface area contributed by atoms with Crippen molar-refractivity contribution >= 4 is 5.96 Å². The lowest BCUT2D eigenvalue weighted by Gasteiger charge is -2.34. The van der Waals surface area contributed by atoms with E-state index in [9.17, 15) is 0 Å². The molecule has 1 atom stereocenters. The van der Waals surface area contributed by atoms with Crippen LogP contribution >= 0.6 is 0 Å². The van der Waals surface area contributed by atoms with Crippen molar-refractivity contribution in [3.05, 3.63) is 29.3 Å². The van der Waals surface area contributed by atoms with Gasteiger partial charge in [0.1, 0.15) is 5.75 Å². The zero-order chi connectivity index (χ0) is 11.9. The molecule has 17 heavy (non-hydrogen) atoms. The highest BCUT2D eigenvalue weighted by Gasteiger charge is 2.37. The average molecular weight is 231 g/mol. The molecule has 1 aromatic carbocycles. The summed E-state index contributed by atoms with van der Waals surface area (Å²) in [6.07, 6.45) is 3.15. The number of methoxy groups -OCH3 is 1. The fourth-order valence-electron chi connectivity index (χ4n) is 2.79. The SMILES string of the molecule is COc1ccc2c(c1)CC1(CC2)CN=C(N)N1. The number of nitrogens with two attached hydrogens (primary N) is 1. The van der Waals surface area contributed by atoms with Gasteiger partial charge in [0.15, 0.2) is 5.96 Å². The van der Waals surface area contributed by atoms with Crippen LogP contribution in [0.15, 0.2) is 23.2 Å². The van der Waals surface area contributed by atoms with Crippen LogP contribution in [0.5, 0.6) is 5.75 Å². The Balaban J connectivity index is 1.89. The minimum absolute atomic E-state index is 0.0451. The van der Waals surface area contributed by atoms with Gasteiger partial charge in [-0.2, -0.15) is 0 Å². The normalized spacial score (nSPS) is 26.3. The maximum atomic E-state index is 5.73. The minimum atomic E-state index is 0.0451. The molecule has 4 nitrogen and oxygen atoms in total. The maximum absolute atomic E-state index is 5.73. The smallest absolute Gasteiger partial charge is 0.189 e. The van der Waals surface area contributed by atoms with Crippen LogP contribution in [0.3, 0.4) is 0 Å². The lowest BCUT2D eigenvalue weighted by Crippen LogP contribution is -2.51. The van der Waals surface area contributed by atoms with Crippen LogP contribution in [0.1, 0.15) is 17.5 Å². The summed E-state index contributed by atoms with van der Waals surface area (Å²) in [4.78, 5) is 4.28. The Hall–Kier alpha value is -1.71. The molecule has 1 aliphatic heterocycles. The first-order valence-corrected chi connectivity index (χ1v) is 5.95. The van der Waals surface area contributed by atoms with Gasteiger partial charge in [-0.3, -0.25) is 4.99 Å². The van der Waals surface area contributed by atoms with E-state index < -0.39 is 0 Å². The van der Waals surface area contributed by atoms with E-state index in [2.05, 4.69) is 22.4 Å². The van der Waals surface area contributed by atoms with Gasteiger partial charge in [0.25, 0.3) is 0 Å².